The van der Waals surface area contributed by atoms with Crippen molar-refractivity contribution in [3.63, 3.8) is 0 Å². The summed E-state index contributed by atoms with van der Waals surface area (Å²) < 4.78 is 1.09. The van der Waals surface area contributed by atoms with Crippen LogP contribution in [0.25, 0.3) is 10.9 Å². The molecule has 0 aliphatic heterocycles. The highest BCUT2D eigenvalue weighted by atomic mass is 127. The van der Waals surface area contributed by atoms with Gasteiger partial charge in [-0.05, 0) is 37.1 Å². The van der Waals surface area contributed by atoms with Gasteiger partial charge in [0.15, 0.2) is 5.96 Å². The molecule has 0 amide bonds. The van der Waals surface area contributed by atoms with E-state index >= 15 is 0 Å². The average Bonchev–Trinajstić information content (AvgIpc) is 3.16. The fourth-order valence-electron chi connectivity index (χ4n) is 2.18. The van der Waals surface area contributed by atoms with Crippen molar-refractivity contribution in [3.8, 4) is 0 Å². The van der Waals surface area contributed by atoms with E-state index in [1.54, 1.807) is 0 Å². The number of benzene rings is 1. The molecule has 0 spiro atoms. The van der Waals surface area contributed by atoms with E-state index in [0.717, 1.165) is 15.7 Å². The van der Waals surface area contributed by atoms with Crippen molar-refractivity contribution in [2.45, 2.75) is 25.4 Å². The van der Waals surface area contributed by atoms with Crippen LogP contribution < -0.4 is 5.73 Å². The Labute approximate surface area is 144 Å². The molecule has 0 unspecified atom stereocenters. The van der Waals surface area contributed by atoms with Gasteiger partial charge in [0.1, 0.15) is 0 Å². The predicted octanol–water partition coefficient (Wildman–Crippen LogP) is 3.46. The highest BCUT2D eigenvalue weighted by Crippen LogP contribution is 2.25. The first kappa shape index (κ1) is 15.6. The summed E-state index contributed by atoms with van der Waals surface area (Å²) >= 11 is 3.48. The monoisotopic (exact) mass is 448 g/mol. The fraction of sp³-hybridized carbons (Fsp3) is 0.357. The van der Waals surface area contributed by atoms with Gasteiger partial charge in [-0.1, -0.05) is 15.9 Å². The van der Waals surface area contributed by atoms with Crippen LogP contribution in [0.15, 0.2) is 33.7 Å². The molecular weight excluding hydrogens is 431 g/mol. The minimum absolute atomic E-state index is 0. The maximum absolute atomic E-state index is 5.98. The lowest BCUT2D eigenvalue weighted by Crippen LogP contribution is -2.35. The van der Waals surface area contributed by atoms with Gasteiger partial charge in [0, 0.05) is 34.2 Å². The van der Waals surface area contributed by atoms with Crippen LogP contribution in [-0.4, -0.2) is 28.9 Å². The number of rotatable bonds is 3. The topological polar surface area (TPSA) is 57.4 Å². The first-order valence-corrected chi connectivity index (χ1v) is 7.22. The second-order valence-electron chi connectivity index (χ2n) is 5.04. The number of guanidine groups is 1. The van der Waals surface area contributed by atoms with Crippen LogP contribution in [0, 0.1) is 0 Å². The number of hydrogen-bond donors (Lipinski definition) is 2. The molecule has 2 aromatic rings. The second-order valence-corrected chi connectivity index (χ2v) is 5.96. The minimum atomic E-state index is 0. The van der Waals surface area contributed by atoms with E-state index in [2.05, 4.69) is 49.0 Å². The molecule has 1 aliphatic rings. The Morgan fingerprint density at radius 3 is 2.90 bits per heavy atom. The van der Waals surface area contributed by atoms with Gasteiger partial charge >= 0.3 is 0 Å². The number of aliphatic imine (C=N–C) groups is 1. The van der Waals surface area contributed by atoms with Crippen LogP contribution in [0.2, 0.25) is 0 Å². The molecule has 4 nitrogen and oxygen atoms in total. The molecule has 108 valence electrons. The molecule has 1 saturated carbocycles. The van der Waals surface area contributed by atoms with Crippen LogP contribution in [-0.2, 0) is 6.54 Å². The van der Waals surface area contributed by atoms with Gasteiger partial charge in [-0.25, -0.2) is 4.99 Å². The van der Waals surface area contributed by atoms with Crippen molar-refractivity contribution in [2.75, 3.05) is 7.05 Å². The molecule has 20 heavy (non-hydrogen) atoms. The summed E-state index contributed by atoms with van der Waals surface area (Å²) in [5, 5.41) is 1.19. The standard InChI is InChI=1S/C14H17BrN4.HI/c1-19(12-3-4-12)14(16)17-8-11-7-9-6-10(15)2-5-13(9)18-11;/h2,5-7,12,18H,3-4,8H2,1H3,(H2,16,17);1H. The molecule has 0 bridgehead atoms. The van der Waals surface area contributed by atoms with Crippen molar-refractivity contribution in [2.24, 2.45) is 10.7 Å². The number of fused-ring (bicyclic) bond motifs is 1. The van der Waals surface area contributed by atoms with Crippen molar-refractivity contribution < 1.29 is 0 Å². The first-order chi connectivity index (χ1) is 9.13. The summed E-state index contributed by atoms with van der Waals surface area (Å²) in [4.78, 5) is 9.88. The molecule has 3 rings (SSSR count). The average molecular weight is 449 g/mol. The first-order valence-electron chi connectivity index (χ1n) is 6.43. The Morgan fingerprint density at radius 1 is 1.45 bits per heavy atom. The molecule has 1 aliphatic carbocycles. The number of hydrogen-bond acceptors (Lipinski definition) is 1. The molecular formula is C14H18BrIN4. The third-order valence-electron chi connectivity index (χ3n) is 3.51. The molecule has 0 saturated heterocycles. The Bertz CT molecular complexity index is 633. The number of aromatic nitrogens is 1. The van der Waals surface area contributed by atoms with E-state index in [1.807, 2.05) is 13.1 Å². The Balaban J connectivity index is 0.00000147. The van der Waals surface area contributed by atoms with Crippen molar-refractivity contribution >= 4 is 56.8 Å². The van der Waals surface area contributed by atoms with E-state index in [1.165, 1.54) is 18.2 Å². The zero-order valence-electron chi connectivity index (χ0n) is 11.3. The predicted molar refractivity (Wildman–Crippen MR) is 97.5 cm³/mol. The third kappa shape index (κ3) is 3.46. The molecule has 0 atom stereocenters. The second kappa shape index (κ2) is 6.34. The number of nitrogens with zero attached hydrogens (tertiary/aromatic N) is 2. The van der Waals surface area contributed by atoms with Gasteiger partial charge in [0.05, 0.1) is 6.54 Å². The number of aromatic amines is 1. The molecule has 6 heteroatoms. The molecule has 3 N–H and O–H groups in total. The summed E-state index contributed by atoms with van der Waals surface area (Å²) in [6, 6.07) is 8.91. The maximum Gasteiger partial charge on any atom is 0.191 e. The summed E-state index contributed by atoms with van der Waals surface area (Å²) in [7, 11) is 2.01. The highest BCUT2D eigenvalue weighted by Gasteiger charge is 2.27. The van der Waals surface area contributed by atoms with Crippen LogP contribution in [0.3, 0.4) is 0 Å². The lowest BCUT2D eigenvalue weighted by atomic mass is 10.2. The Morgan fingerprint density at radius 2 is 2.20 bits per heavy atom. The molecule has 1 aromatic heterocycles. The maximum atomic E-state index is 5.98. The van der Waals surface area contributed by atoms with E-state index in [0.29, 0.717) is 18.5 Å². The van der Waals surface area contributed by atoms with E-state index in [-0.39, 0.29) is 24.0 Å². The van der Waals surface area contributed by atoms with Gasteiger partial charge in [0.25, 0.3) is 0 Å². The lowest BCUT2D eigenvalue weighted by molar-refractivity contribution is 0.487. The Kier molecular flexibility index (Phi) is 4.95. The summed E-state index contributed by atoms with van der Waals surface area (Å²) in [5.74, 6) is 0.627. The molecule has 0 radical (unpaired) electrons. The highest BCUT2D eigenvalue weighted by molar-refractivity contribution is 14.0. The van der Waals surface area contributed by atoms with Crippen molar-refractivity contribution in [3.05, 3.63) is 34.4 Å². The van der Waals surface area contributed by atoms with Gasteiger partial charge in [0.2, 0.25) is 0 Å². The SMILES string of the molecule is CN(C(N)=NCc1cc2cc(Br)ccc2[nH]1)C1CC1.I. The number of H-pyrrole nitrogens is 1. The number of nitrogens with two attached hydrogens (primary N) is 1. The van der Waals surface area contributed by atoms with Crippen LogP contribution in [0.1, 0.15) is 18.5 Å². The smallest absolute Gasteiger partial charge is 0.191 e. The normalized spacial score (nSPS) is 15.2. The summed E-state index contributed by atoms with van der Waals surface area (Å²) in [6.07, 6.45) is 2.46. The molecule has 1 heterocycles. The van der Waals surface area contributed by atoms with Crippen LogP contribution >= 0.6 is 39.9 Å². The summed E-state index contributed by atoms with van der Waals surface area (Å²) in [5.41, 5.74) is 8.19. The van der Waals surface area contributed by atoms with Crippen LogP contribution in [0.5, 0.6) is 0 Å². The fourth-order valence-corrected chi connectivity index (χ4v) is 2.55. The minimum Gasteiger partial charge on any atom is -0.370 e. The quantitative estimate of drug-likeness (QED) is 0.429. The lowest BCUT2D eigenvalue weighted by Gasteiger charge is -2.16. The zero-order valence-corrected chi connectivity index (χ0v) is 15.2. The Hall–Kier alpha value is -0.760. The van der Waals surface area contributed by atoms with Crippen LogP contribution in [0.4, 0.5) is 0 Å². The third-order valence-corrected chi connectivity index (χ3v) is 4.00. The summed E-state index contributed by atoms with van der Waals surface area (Å²) in [6.45, 7) is 0.592. The number of nitrogens with one attached hydrogen (secondary N) is 1. The number of halogens is 2. The van der Waals surface area contributed by atoms with E-state index in [9.17, 15) is 0 Å². The van der Waals surface area contributed by atoms with Gasteiger partial charge in [-0.15, -0.1) is 24.0 Å². The molecule has 1 aromatic carbocycles. The van der Waals surface area contributed by atoms with Crippen molar-refractivity contribution in [1.82, 2.24) is 9.88 Å². The largest absolute Gasteiger partial charge is 0.370 e. The van der Waals surface area contributed by atoms with Gasteiger partial charge in [-0.2, -0.15) is 0 Å². The van der Waals surface area contributed by atoms with Gasteiger partial charge < -0.3 is 15.6 Å². The van der Waals surface area contributed by atoms with Gasteiger partial charge in [-0.3, -0.25) is 0 Å². The van der Waals surface area contributed by atoms with E-state index < -0.39 is 0 Å². The van der Waals surface area contributed by atoms with E-state index in [4.69, 9.17) is 5.73 Å². The van der Waals surface area contributed by atoms with Crippen molar-refractivity contribution in [1.29, 1.82) is 0 Å². The molecule has 1 fully saturated rings. The zero-order chi connectivity index (χ0) is 13.4.